The highest BCUT2D eigenvalue weighted by atomic mass is 16.6. The van der Waals surface area contributed by atoms with Crippen LogP contribution in [0.15, 0.2) is 18.2 Å². The van der Waals surface area contributed by atoms with Gasteiger partial charge in [0, 0.05) is 13.0 Å². The molecule has 0 radical (unpaired) electrons. The van der Waals surface area contributed by atoms with Gasteiger partial charge < -0.3 is 19.3 Å². The zero-order valence-electron chi connectivity index (χ0n) is 11.3. The minimum Gasteiger partial charge on any atom is -0.496 e. The van der Waals surface area contributed by atoms with Crippen molar-refractivity contribution in [1.82, 2.24) is 0 Å². The van der Waals surface area contributed by atoms with Crippen molar-refractivity contribution < 1.29 is 24.2 Å². The summed E-state index contributed by atoms with van der Waals surface area (Å²) in [5.41, 5.74) is -0.166. The fourth-order valence-electron chi connectivity index (χ4n) is 2.11. The molecule has 1 fully saturated rings. The summed E-state index contributed by atoms with van der Waals surface area (Å²) < 4.78 is 15.9. The zero-order chi connectivity index (χ0) is 14.7. The fraction of sp³-hybridized carbons (Fsp3) is 0.538. The third-order valence-corrected chi connectivity index (χ3v) is 3.22. The number of aliphatic hydroxyl groups excluding tert-OH is 1. The highest BCUT2D eigenvalue weighted by Gasteiger charge is 2.43. The number of aliphatic hydroxyl groups is 1. The summed E-state index contributed by atoms with van der Waals surface area (Å²) in [6, 6.07) is 4.39. The van der Waals surface area contributed by atoms with Gasteiger partial charge in [0.05, 0.1) is 24.2 Å². The SMILES string of the molecule is CCOC1C(O)CC1Oc1ccc(OC)cc1[N+](=O)[O-]. The van der Waals surface area contributed by atoms with Gasteiger partial charge in [-0.3, -0.25) is 10.1 Å². The number of methoxy groups -OCH3 is 1. The molecule has 1 aliphatic carbocycles. The minimum absolute atomic E-state index is 0.150. The molecule has 0 bridgehead atoms. The Labute approximate surface area is 116 Å². The van der Waals surface area contributed by atoms with Gasteiger partial charge in [-0.25, -0.2) is 0 Å². The van der Waals surface area contributed by atoms with Crippen LogP contribution in [0.5, 0.6) is 11.5 Å². The molecule has 3 unspecified atom stereocenters. The molecule has 1 aromatic rings. The lowest BCUT2D eigenvalue weighted by Crippen LogP contribution is -2.55. The largest absolute Gasteiger partial charge is 0.496 e. The molecule has 1 aromatic carbocycles. The number of nitro groups is 1. The first-order valence-corrected chi connectivity index (χ1v) is 6.35. The van der Waals surface area contributed by atoms with Gasteiger partial charge >= 0.3 is 5.69 Å². The second-order valence-corrected chi connectivity index (χ2v) is 4.47. The van der Waals surface area contributed by atoms with Gasteiger partial charge in [0.2, 0.25) is 0 Å². The molecular formula is C13H17NO6. The van der Waals surface area contributed by atoms with Crippen molar-refractivity contribution in [2.24, 2.45) is 0 Å². The van der Waals surface area contributed by atoms with Crippen molar-refractivity contribution in [3.8, 4) is 11.5 Å². The second-order valence-electron chi connectivity index (χ2n) is 4.47. The van der Waals surface area contributed by atoms with Crippen LogP contribution in [0, 0.1) is 10.1 Å². The van der Waals surface area contributed by atoms with Crippen LogP contribution in [-0.2, 0) is 4.74 Å². The van der Waals surface area contributed by atoms with Crippen LogP contribution in [0.25, 0.3) is 0 Å². The molecule has 3 atom stereocenters. The van der Waals surface area contributed by atoms with Gasteiger partial charge in [0.15, 0.2) is 5.75 Å². The molecule has 2 rings (SSSR count). The quantitative estimate of drug-likeness (QED) is 0.628. The van der Waals surface area contributed by atoms with Crippen LogP contribution in [0.1, 0.15) is 13.3 Å². The Morgan fingerprint density at radius 1 is 1.50 bits per heavy atom. The average molecular weight is 283 g/mol. The summed E-state index contributed by atoms with van der Waals surface area (Å²) >= 11 is 0. The topological polar surface area (TPSA) is 91.1 Å². The second kappa shape index (κ2) is 6.06. The Balaban J connectivity index is 2.15. The van der Waals surface area contributed by atoms with Crippen molar-refractivity contribution in [2.75, 3.05) is 13.7 Å². The third kappa shape index (κ3) is 2.83. The number of rotatable bonds is 6. The molecule has 7 nitrogen and oxygen atoms in total. The first-order valence-electron chi connectivity index (χ1n) is 6.35. The smallest absolute Gasteiger partial charge is 0.314 e. The van der Waals surface area contributed by atoms with E-state index >= 15 is 0 Å². The lowest BCUT2D eigenvalue weighted by Gasteiger charge is -2.40. The Hall–Kier alpha value is -1.86. The van der Waals surface area contributed by atoms with E-state index in [9.17, 15) is 15.2 Å². The molecule has 0 aromatic heterocycles. The summed E-state index contributed by atoms with van der Waals surface area (Å²) in [7, 11) is 1.44. The van der Waals surface area contributed by atoms with Crippen molar-refractivity contribution in [3.63, 3.8) is 0 Å². The summed E-state index contributed by atoms with van der Waals surface area (Å²) in [4.78, 5) is 10.5. The number of nitrogens with zero attached hydrogens (tertiary/aromatic N) is 1. The van der Waals surface area contributed by atoms with E-state index in [4.69, 9.17) is 14.2 Å². The third-order valence-electron chi connectivity index (χ3n) is 3.22. The van der Waals surface area contributed by atoms with Gasteiger partial charge in [-0.05, 0) is 19.1 Å². The standard InChI is InChI=1S/C13H17NO6/c1-3-19-13-10(15)7-12(13)20-11-5-4-8(18-2)6-9(11)14(16)17/h4-6,10,12-13,15H,3,7H2,1-2H3. The first-order chi connectivity index (χ1) is 9.56. The zero-order valence-corrected chi connectivity index (χ0v) is 11.3. The van der Waals surface area contributed by atoms with Crippen LogP contribution in [-0.4, -0.2) is 42.1 Å². The van der Waals surface area contributed by atoms with Crippen molar-refractivity contribution >= 4 is 5.69 Å². The monoisotopic (exact) mass is 283 g/mol. The predicted molar refractivity (Wildman–Crippen MR) is 70.1 cm³/mol. The number of benzene rings is 1. The van der Waals surface area contributed by atoms with E-state index < -0.39 is 17.1 Å². The first kappa shape index (κ1) is 14.5. The van der Waals surface area contributed by atoms with Crippen LogP contribution in [0.2, 0.25) is 0 Å². The molecule has 7 heteroatoms. The van der Waals surface area contributed by atoms with Gasteiger partial charge in [-0.2, -0.15) is 0 Å². The summed E-state index contributed by atoms with van der Waals surface area (Å²) in [5, 5.41) is 20.6. The summed E-state index contributed by atoms with van der Waals surface area (Å²) in [5.74, 6) is 0.538. The minimum atomic E-state index is -0.586. The van der Waals surface area contributed by atoms with E-state index in [0.717, 1.165) is 0 Å². The molecule has 1 saturated carbocycles. The average Bonchev–Trinajstić information content (AvgIpc) is 2.44. The van der Waals surface area contributed by atoms with Gasteiger partial charge in [0.25, 0.3) is 0 Å². The molecule has 110 valence electrons. The normalized spacial score (nSPS) is 24.9. The van der Waals surface area contributed by atoms with Crippen LogP contribution < -0.4 is 9.47 Å². The summed E-state index contributed by atoms with van der Waals surface area (Å²) in [6.07, 6.45) is -1.01. The van der Waals surface area contributed by atoms with Crippen LogP contribution in [0.4, 0.5) is 5.69 Å². The lowest BCUT2D eigenvalue weighted by molar-refractivity contribution is -0.386. The number of hydrogen-bond donors (Lipinski definition) is 1. The van der Waals surface area contributed by atoms with E-state index in [2.05, 4.69) is 0 Å². The maximum Gasteiger partial charge on any atom is 0.314 e. The van der Waals surface area contributed by atoms with E-state index in [1.165, 1.54) is 19.2 Å². The van der Waals surface area contributed by atoms with Gasteiger partial charge in [-0.1, -0.05) is 0 Å². The van der Waals surface area contributed by atoms with Gasteiger partial charge in [0.1, 0.15) is 18.0 Å². The molecule has 20 heavy (non-hydrogen) atoms. The number of ether oxygens (including phenoxy) is 3. The van der Waals surface area contributed by atoms with E-state index in [1.54, 1.807) is 6.07 Å². The summed E-state index contributed by atoms with van der Waals surface area (Å²) in [6.45, 7) is 2.27. The van der Waals surface area contributed by atoms with E-state index in [1.807, 2.05) is 6.92 Å². The van der Waals surface area contributed by atoms with Crippen molar-refractivity contribution in [1.29, 1.82) is 0 Å². The molecule has 0 spiro atoms. The predicted octanol–water partition coefficient (Wildman–Crippen LogP) is 1.52. The molecule has 1 N–H and O–H groups in total. The Kier molecular flexibility index (Phi) is 4.41. The maximum atomic E-state index is 11.0. The Bertz CT molecular complexity index is 492. The molecule has 0 aliphatic heterocycles. The molecule has 0 amide bonds. The van der Waals surface area contributed by atoms with Gasteiger partial charge in [-0.15, -0.1) is 0 Å². The Morgan fingerprint density at radius 3 is 2.80 bits per heavy atom. The fourth-order valence-corrected chi connectivity index (χ4v) is 2.11. The van der Waals surface area contributed by atoms with Crippen molar-refractivity contribution in [3.05, 3.63) is 28.3 Å². The molecule has 1 aliphatic rings. The molecule has 0 heterocycles. The number of hydrogen-bond acceptors (Lipinski definition) is 6. The highest BCUT2D eigenvalue weighted by Crippen LogP contribution is 2.35. The van der Waals surface area contributed by atoms with E-state index in [-0.39, 0.29) is 17.5 Å². The molecular weight excluding hydrogens is 266 g/mol. The van der Waals surface area contributed by atoms with Crippen LogP contribution in [0.3, 0.4) is 0 Å². The lowest BCUT2D eigenvalue weighted by atomic mass is 9.88. The maximum absolute atomic E-state index is 11.0. The Morgan fingerprint density at radius 2 is 2.25 bits per heavy atom. The highest BCUT2D eigenvalue weighted by molar-refractivity contribution is 5.51. The van der Waals surface area contributed by atoms with Crippen LogP contribution >= 0.6 is 0 Å². The van der Waals surface area contributed by atoms with E-state index in [0.29, 0.717) is 18.8 Å². The van der Waals surface area contributed by atoms with Crippen molar-refractivity contribution in [2.45, 2.75) is 31.7 Å². The molecule has 0 saturated heterocycles. The number of nitro benzene ring substituents is 1.